The van der Waals surface area contributed by atoms with Gasteiger partial charge in [-0.25, -0.2) is 0 Å². The largest absolute Gasteiger partial charge is 0.497 e. The number of benzene rings is 2. The van der Waals surface area contributed by atoms with Crippen LogP contribution in [0.1, 0.15) is 47.4 Å². The van der Waals surface area contributed by atoms with Gasteiger partial charge in [0, 0.05) is 24.3 Å². The second-order valence-electron chi connectivity index (χ2n) is 8.07. The van der Waals surface area contributed by atoms with Crippen molar-refractivity contribution in [2.45, 2.75) is 53.6 Å². The van der Waals surface area contributed by atoms with Crippen molar-refractivity contribution < 1.29 is 4.74 Å². The monoisotopic (exact) mass is 402 g/mol. The Morgan fingerprint density at radius 1 is 0.900 bits per heavy atom. The van der Waals surface area contributed by atoms with Gasteiger partial charge >= 0.3 is 0 Å². The number of ether oxygens (including phenoxy) is 1. The zero-order chi connectivity index (χ0) is 21.7. The molecule has 0 aliphatic carbocycles. The molecule has 0 N–H and O–H groups in total. The van der Waals surface area contributed by atoms with E-state index in [2.05, 4.69) is 76.0 Å². The van der Waals surface area contributed by atoms with Gasteiger partial charge in [0.1, 0.15) is 5.75 Å². The van der Waals surface area contributed by atoms with Crippen molar-refractivity contribution in [3.63, 3.8) is 0 Å². The van der Waals surface area contributed by atoms with Crippen molar-refractivity contribution in [2.24, 2.45) is 0 Å². The van der Waals surface area contributed by atoms with Gasteiger partial charge in [0.25, 0.3) is 0 Å². The number of hydrogen-bond donors (Lipinski definition) is 0. The van der Waals surface area contributed by atoms with E-state index in [1.54, 1.807) is 7.11 Å². The fourth-order valence-corrected chi connectivity index (χ4v) is 4.21. The molecule has 0 aliphatic heterocycles. The number of rotatable bonds is 8. The van der Waals surface area contributed by atoms with E-state index < -0.39 is 0 Å². The fourth-order valence-electron chi connectivity index (χ4n) is 4.21. The molecule has 0 saturated heterocycles. The Bertz CT molecular complexity index is 964. The summed E-state index contributed by atoms with van der Waals surface area (Å²) in [6.45, 7) is 10.5. The van der Waals surface area contributed by atoms with E-state index in [0.29, 0.717) is 0 Å². The normalized spacial score (nSPS) is 11.2. The van der Waals surface area contributed by atoms with Gasteiger partial charge in [0.15, 0.2) is 0 Å². The van der Waals surface area contributed by atoms with Gasteiger partial charge in [-0.1, -0.05) is 44.2 Å². The lowest BCUT2D eigenvalue weighted by atomic mass is 9.93. The molecule has 30 heavy (non-hydrogen) atoms. The second kappa shape index (κ2) is 9.90. The second-order valence-corrected chi connectivity index (χ2v) is 8.07. The van der Waals surface area contributed by atoms with Gasteiger partial charge in [-0.3, -0.25) is 9.88 Å². The van der Waals surface area contributed by atoms with E-state index in [9.17, 15) is 0 Å². The van der Waals surface area contributed by atoms with Crippen LogP contribution < -0.4 is 4.74 Å². The Labute approximate surface area is 181 Å². The van der Waals surface area contributed by atoms with E-state index in [1.807, 2.05) is 12.1 Å². The first-order valence-corrected chi connectivity index (χ1v) is 10.9. The molecule has 0 bridgehead atoms. The molecule has 0 unspecified atom stereocenters. The maximum atomic E-state index is 5.36. The van der Waals surface area contributed by atoms with Crippen molar-refractivity contribution in [1.82, 2.24) is 9.88 Å². The molecule has 158 valence electrons. The summed E-state index contributed by atoms with van der Waals surface area (Å²) in [5, 5.41) is 0. The number of hydrogen-bond acceptors (Lipinski definition) is 3. The van der Waals surface area contributed by atoms with E-state index in [-0.39, 0.29) is 0 Å². The van der Waals surface area contributed by atoms with Crippen LogP contribution >= 0.6 is 0 Å². The van der Waals surface area contributed by atoms with Crippen LogP contribution in [-0.2, 0) is 25.9 Å². The number of pyridine rings is 1. The third kappa shape index (κ3) is 4.91. The highest BCUT2D eigenvalue weighted by Gasteiger charge is 2.15. The summed E-state index contributed by atoms with van der Waals surface area (Å²) >= 11 is 0. The minimum absolute atomic E-state index is 0.872. The molecular weight excluding hydrogens is 368 g/mol. The van der Waals surface area contributed by atoms with Crippen LogP contribution in [0.2, 0.25) is 0 Å². The number of nitrogens with zero attached hydrogens (tertiary/aromatic N) is 2. The average Bonchev–Trinajstić information content (AvgIpc) is 2.75. The first kappa shape index (κ1) is 22.0. The predicted molar refractivity (Wildman–Crippen MR) is 126 cm³/mol. The molecule has 1 aromatic heterocycles. The highest BCUT2D eigenvalue weighted by atomic mass is 16.5. The molecule has 3 heteroatoms. The molecule has 3 rings (SSSR count). The van der Waals surface area contributed by atoms with Crippen LogP contribution in [0.3, 0.4) is 0 Å². The molecule has 0 fully saturated rings. The van der Waals surface area contributed by atoms with Crippen LogP contribution in [0, 0.1) is 13.8 Å². The Hall–Kier alpha value is -2.65. The quantitative estimate of drug-likeness (QED) is 0.453. The Morgan fingerprint density at radius 3 is 2.17 bits per heavy atom. The van der Waals surface area contributed by atoms with Crippen LogP contribution in [0.4, 0.5) is 0 Å². The number of methoxy groups -OCH3 is 1. The average molecular weight is 403 g/mol. The minimum Gasteiger partial charge on any atom is -0.497 e. The molecule has 0 radical (unpaired) electrons. The first-order chi connectivity index (χ1) is 14.5. The highest BCUT2D eigenvalue weighted by molar-refractivity contribution is 5.69. The van der Waals surface area contributed by atoms with Crippen molar-refractivity contribution in [2.75, 3.05) is 14.2 Å². The zero-order valence-corrected chi connectivity index (χ0v) is 19.2. The lowest BCUT2D eigenvalue weighted by Gasteiger charge is -2.21. The molecule has 0 spiro atoms. The maximum absolute atomic E-state index is 5.36. The molecule has 0 atom stereocenters. The summed E-state index contributed by atoms with van der Waals surface area (Å²) in [6, 6.07) is 17.2. The predicted octanol–water partition coefficient (Wildman–Crippen LogP) is 6.13. The van der Waals surface area contributed by atoms with E-state index in [1.165, 1.54) is 33.4 Å². The van der Waals surface area contributed by atoms with E-state index in [4.69, 9.17) is 9.72 Å². The van der Waals surface area contributed by atoms with Gasteiger partial charge < -0.3 is 4.74 Å². The molecular formula is C27H34N2O. The smallest absolute Gasteiger partial charge is 0.119 e. The lowest BCUT2D eigenvalue weighted by molar-refractivity contribution is 0.316. The Kier molecular flexibility index (Phi) is 7.28. The third-order valence-corrected chi connectivity index (χ3v) is 5.82. The molecule has 3 nitrogen and oxygen atoms in total. The molecule has 0 aliphatic rings. The van der Waals surface area contributed by atoms with Crippen molar-refractivity contribution in [1.29, 1.82) is 0 Å². The third-order valence-electron chi connectivity index (χ3n) is 5.82. The summed E-state index contributed by atoms with van der Waals surface area (Å²) < 4.78 is 5.36. The van der Waals surface area contributed by atoms with E-state index >= 15 is 0 Å². The van der Waals surface area contributed by atoms with Gasteiger partial charge in [0.05, 0.1) is 12.8 Å². The SMILES string of the molecule is CCc1cccc(CC)c1-c1cc(C)c(CN(C)Cc2cccc(OC)c2)c(C)n1. The molecule has 0 amide bonds. The van der Waals surface area contributed by atoms with Crippen LogP contribution in [0.25, 0.3) is 11.3 Å². The topological polar surface area (TPSA) is 25.4 Å². The van der Waals surface area contributed by atoms with Gasteiger partial charge in [-0.15, -0.1) is 0 Å². The van der Waals surface area contributed by atoms with Crippen LogP contribution in [0.15, 0.2) is 48.5 Å². The summed E-state index contributed by atoms with van der Waals surface area (Å²) in [5.74, 6) is 0.903. The number of aromatic nitrogens is 1. The zero-order valence-electron chi connectivity index (χ0n) is 19.2. The summed E-state index contributed by atoms with van der Waals surface area (Å²) in [7, 11) is 3.87. The summed E-state index contributed by atoms with van der Waals surface area (Å²) in [4.78, 5) is 7.40. The lowest BCUT2D eigenvalue weighted by Crippen LogP contribution is -2.19. The van der Waals surface area contributed by atoms with Crippen molar-refractivity contribution in [3.05, 3.63) is 82.0 Å². The van der Waals surface area contributed by atoms with Gasteiger partial charge in [-0.05, 0) is 79.8 Å². The number of aryl methyl sites for hydroxylation is 4. The first-order valence-electron chi connectivity index (χ1n) is 10.9. The van der Waals surface area contributed by atoms with Gasteiger partial charge in [-0.2, -0.15) is 0 Å². The Morgan fingerprint density at radius 2 is 1.57 bits per heavy atom. The van der Waals surface area contributed by atoms with Crippen LogP contribution in [0.5, 0.6) is 5.75 Å². The van der Waals surface area contributed by atoms with Crippen LogP contribution in [-0.4, -0.2) is 24.0 Å². The highest BCUT2D eigenvalue weighted by Crippen LogP contribution is 2.30. The molecule has 2 aromatic carbocycles. The van der Waals surface area contributed by atoms with E-state index in [0.717, 1.165) is 43.1 Å². The molecule has 3 aromatic rings. The Balaban J connectivity index is 1.87. The standard InChI is InChI=1S/C27H34N2O/c1-7-22-12-10-13-23(8-2)27(22)26-15-19(3)25(20(4)28-26)18-29(5)17-21-11-9-14-24(16-21)30-6/h9-16H,7-8,17-18H2,1-6H3. The maximum Gasteiger partial charge on any atom is 0.119 e. The summed E-state index contributed by atoms with van der Waals surface area (Å²) in [6.07, 6.45) is 2.04. The summed E-state index contributed by atoms with van der Waals surface area (Å²) in [5.41, 5.74) is 10.2. The minimum atomic E-state index is 0.872. The van der Waals surface area contributed by atoms with Crippen molar-refractivity contribution >= 4 is 0 Å². The molecule has 0 saturated carbocycles. The fraction of sp³-hybridized carbons (Fsp3) is 0.370. The molecule has 1 heterocycles. The van der Waals surface area contributed by atoms with Gasteiger partial charge in [0.2, 0.25) is 0 Å². The van der Waals surface area contributed by atoms with Crippen molar-refractivity contribution in [3.8, 4) is 17.0 Å².